The Morgan fingerprint density at radius 1 is 0.730 bits per heavy atom. The van der Waals surface area contributed by atoms with Crippen LogP contribution in [0.15, 0.2) is 109 Å². The number of anilines is 3. The van der Waals surface area contributed by atoms with Crippen molar-refractivity contribution in [2.75, 3.05) is 16.3 Å². The van der Waals surface area contributed by atoms with Gasteiger partial charge in [0, 0.05) is 25.0 Å². The highest BCUT2D eigenvalue weighted by Crippen LogP contribution is 2.40. The van der Waals surface area contributed by atoms with Gasteiger partial charge in [-0.1, -0.05) is 97.1 Å². The fourth-order valence-electron chi connectivity index (χ4n) is 4.64. The summed E-state index contributed by atoms with van der Waals surface area (Å²) in [6.07, 6.45) is 1.43. The van der Waals surface area contributed by atoms with E-state index < -0.39 is 0 Å². The molecule has 184 valence electrons. The molecule has 0 aliphatic heterocycles. The van der Waals surface area contributed by atoms with Crippen LogP contribution in [0.3, 0.4) is 0 Å². The normalized spacial score (nSPS) is 10.8. The molecule has 5 aromatic rings. The number of benzene rings is 4. The van der Waals surface area contributed by atoms with Crippen LogP contribution in [0.1, 0.15) is 18.1 Å². The molecule has 0 bridgehead atoms. The van der Waals surface area contributed by atoms with Gasteiger partial charge in [0.05, 0.1) is 10.6 Å². The first kappa shape index (κ1) is 23.9. The van der Waals surface area contributed by atoms with Crippen LogP contribution in [-0.4, -0.2) is 21.4 Å². The molecule has 7 heteroatoms. The molecule has 0 saturated heterocycles. The molecule has 4 aromatic carbocycles. The first-order valence-electron chi connectivity index (χ1n) is 12.2. The standard InChI is InChI=1S/C30H27N5O2/c1-2-34(27-19-11-17-25-16-9-10-18-26(25)27)30-28(35(36)37)29(31-22-32-30)33(20-23-12-5-3-6-13-23)21-24-14-7-4-8-15-24/h3-19,22H,2,20-21H2,1H3. The fourth-order valence-corrected chi connectivity index (χ4v) is 4.64. The van der Waals surface area contributed by atoms with Gasteiger partial charge in [0.25, 0.3) is 0 Å². The lowest BCUT2D eigenvalue weighted by Crippen LogP contribution is -2.26. The van der Waals surface area contributed by atoms with Gasteiger partial charge in [0.2, 0.25) is 11.6 Å². The highest BCUT2D eigenvalue weighted by molar-refractivity contribution is 5.96. The van der Waals surface area contributed by atoms with Gasteiger partial charge < -0.3 is 9.80 Å². The zero-order valence-corrected chi connectivity index (χ0v) is 20.6. The molecule has 0 amide bonds. The fraction of sp³-hybridized carbons (Fsp3) is 0.133. The molecule has 7 nitrogen and oxygen atoms in total. The second-order valence-electron chi connectivity index (χ2n) is 8.70. The van der Waals surface area contributed by atoms with E-state index in [0.717, 1.165) is 27.6 Å². The molecule has 0 saturated carbocycles. The van der Waals surface area contributed by atoms with E-state index in [0.29, 0.717) is 25.5 Å². The summed E-state index contributed by atoms with van der Waals surface area (Å²) in [6, 6.07) is 33.8. The Labute approximate surface area is 215 Å². The van der Waals surface area contributed by atoms with Crippen LogP contribution < -0.4 is 9.80 Å². The lowest BCUT2D eigenvalue weighted by atomic mass is 10.1. The Morgan fingerprint density at radius 2 is 1.30 bits per heavy atom. The van der Waals surface area contributed by atoms with E-state index in [4.69, 9.17) is 0 Å². The Hall–Kier alpha value is -4.78. The maximum Gasteiger partial charge on any atom is 0.354 e. The molecule has 0 fully saturated rings. The molecule has 5 rings (SSSR count). The third-order valence-electron chi connectivity index (χ3n) is 6.33. The maximum absolute atomic E-state index is 12.6. The molecule has 0 aliphatic rings. The van der Waals surface area contributed by atoms with E-state index in [2.05, 4.69) is 9.97 Å². The zero-order chi connectivity index (χ0) is 25.6. The Kier molecular flexibility index (Phi) is 7.03. The van der Waals surface area contributed by atoms with Crippen molar-refractivity contribution in [2.45, 2.75) is 20.0 Å². The van der Waals surface area contributed by atoms with Gasteiger partial charge >= 0.3 is 5.69 Å². The summed E-state index contributed by atoms with van der Waals surface area (Å²) in [5.41, 5.74) is 2.83. The predicted octanol–water partition coefficient (Wildman–Crippen LogP) is 6.90. The molecule has 1 heterocycles. The van der Waals surface area contributed by atoms with Crippen molar-refractivity contribution in [2.24, 2.45) is 0 Å². The first-order valence-corrected chi connectivity index (χ1v) is 12.2. The molecular formula is C30H27N5O2. The molecule has 37 heavy (non-hydrogen) atoms. The molecule has 0 spiro atoms. The van der Waals surface area contributed by atoms with Gasteiger partial charge in [-0.05, 0) is 29.5 Å². The summed E-state index contributed by atoms with van der Waals surface area (Å²) < 4.78 is 0. The van der Waals surface area contributed by atoms with Gasteiger partial charge in [-0.3, -0.25) is 10.1 Å². The quantitative estimate of drug-likeness (QED) is 0.166. The topological polar surface area (TPSA) is 75.4 Å². The minimum atomic E-state index is -0.360. The molecule has 0 radical (unpaired) electrons. The number of nitro groups is 1. The third kappa shape index (κ3) is 5.11. The van der Waals surface area contributed by atoms with Crippen molar-refractivity contribution >= 4 is 33.8 Å². The summed E-state index contributed by atoms with van der Waals surface area (Å²) in [5.74, 6) is 0.571. The zero-order valence-electron chi connectivity index (χ0n) is 20.6. The monoisotopic (exact) mass is 489 g/mol. The highest BCUT2D eigenvalue weighted by atomic mass is 16.6. The van der Waals surface area contributed by atoms with Crippen molar-refractivity contribution in [1.29, 1.82) is 0 Å². The minimum absolute atomic E-state index is 0.107. The SMILES string of the molecule is CCN(c1ncnc(N(Cc2ccccc2)Cc2ccccc2)c1[N+](=O)[O-])c1cccc2ccccc12. The third-order valence-corrected chi connectivity index (χ3v) is 6.33. The number of fused-ring (bicyclic) bond motifs is 1. The van der Waals surface area contributed by atoms with E-state index in [-0.39, 0.29) is 16.4 Å². The van der Waals surface area contributed by atoms with E-state index in [1.807, 2.05) is 120 Å². The van der Waals surface area contributed by atoms with Gasteiger partial charge in [-0.15, -0.1) is 0 Å². The lowest BCUT2D eigenvalue weighted by molar-refractivity contribution is -0.383. The van der Waals surface area contributed by atoms with Gasteiger partial charge in [-0.25, -0.2) is 9.97 Å². The van der Waals surface area contributed by atoms with Crippen LogP contribution in [0.25, 0.3) is 10.8 Å². The number of rotatable bonds is 9. The average molecular weight is 490 g/mol. The average Bonchev–Trinajstić information content (AvgIpc) is 2.94. The summed E-state index contributed by atoms with van der Waals surface area (Å²) in [6.45, 7) is 3.41. The summed E-state index contributed by atoms with van der Waals surface area (Å²) in [7, 11) is 0. The van der Waals surface area contributed by atoms with Crippen LogP contribution in [-0.2, 0) is 13.1 Å². The van der Waals surface area contributed by atoms with Crippen LogP contribution >= 0.6 is 0 Å². The molecule has 1 aromatic heterocycles. The first-order chi connectivity index (χ1) is 18.2. The van der Waals surface area contributed by atoms with Crippen molar-refractivity contribution in [1.82, 2.24) is 9.97 Å². The number of aromatic nitrogens is 2. The second kappa shape index (κ2) is 10.9. The van der Waals surface area contributed by atoms with Crippen molar-refractivity contribution in [3.05, 3.63) is 131 Å². The van der Waals surface area contributed by atoms with Crippen molar-refractivity contribution in [3.63, 3.8) is 0 Å². The molecule has 0 atom stereocenters. The van der Waals surface area contributed by atoms with Crippen LogP contribution in [0, 0.1) is 10.1 Å². The number of nitrogens with zero attached hydrogens (tertiary/aromatic N) is 5. The van der Waals surface area contributed by atoms with E-state index in [1.54, 1.807) is 0 Å². The smallest absolute Gasteiger partial charge is 0.342 e. The second-order valence-corrected chi connectivity index (χ2v) is 8.70. The van der Waals surface area contributed by atoms with E-state index in [1.165, 1.54) is 6.33 Å². The highest BCUT2D eigenvalue weighted by Gasteiger charge is 2.31. The van der Waals surface area contributed by atoms with Crippen molar-refractivity contribution in [3.8, 4) is 0 Å². The Morgan fingerprint density at radius 3 is 1.92 bits per heavy atom. The van der Waals surface area contributed by atoms with Gasteiger partial charge in [-0.2, -0.15) is 0 Å². The molecule has 0 unspecified atom stereocenters. The molecule has 0 aliphatic carbocycles. The predicted molar refractivity (Wildman–Crippen MR) is 148 cm³/mol. The van der Waals surface area contributed by atoms with Gasteiger partial charge in [0.1, 0.15) is 6.33 Å². The minimum Gasteiger partial charge on any atom is -0.342 e. The number of hydrogen-bond acceptors (Lipinski definition) is 6. The Bertz CT molecular complexity index is 1460. The maximum atomic E-state index is 12.6. The van der Waals surface area contributed by atoms with Crippen LogP contribution in [0.2, 0.25) is 0 Å². The van der Waals surface area contributed by atoms with Gasteiger partial charge in [0.15, 0.2) is 0 Å². The largest absolute Gasteiger partial charge is 0.354 e. The lowest BCUT2D eigenvalue weighted by Gasteiger charge is -2.27. The number of hydrogen-bond donors (Lipinski definition) is 0. The van der Waals surface area contributed by atoms with Crippen LogP contribution in [0.4, 0.5) is 23.0 Å². The van der Waals surface area contributed by atoms with Crippen LogP contribution in [0.5, 0.6) is 0 Å². The van der Waals surface area contributed by atoms with E-state index >= 15 is 0 Å². The van der Waals surface area contributed by atoms with Crippen molar-refractivity contribution < 1.29 is 4.92 Å². The molecule has 0 N–H and O–H groups in total. The Balaban J connectivity index is 1.65. The summed E-state index contributed by atoms with van der Waals surface area (Å²) >= 11 is 0. The van der Waals surface area contributed by atoms with E-state index in [9.17, 15) is 10.1 Å². The summed E-state index contributed by atoms with van der Waals surface area (Å²) in [4.78, 5) is 25.1. The molecular weight excluding hydrogens is 462 g/mol. The summed E-state index contributed by atoms with van der Waals surface area (Å²) in [5, 5.41) is 14.7.